The van der Waals surface area contributed by atoms with Crippen molar-refractivity contribution in [3.05, 3.63) is 23.3 Å². The highest BCUT2D eigenvalue weighted by Crippen LogP contribution is 2.37. The van der Waals surface area contributed by atoms with E-state index in [4.69, 9.17) is 24.7 Å². The van der Waals surface area contributed by atoms with Crippen molar-refractivity contribution >= 4 is 5.97 Å². The van der Waals surface area contributed by atoms with Crippen molar-refractivity contribution in [3.8, 4) is 0 Å². The van der Waals surface area contributed by atoms with Gasteiger partial charge in [0, 0.05) is 19.6 Å². The Hall–Kier alpha value is -1.69. The van der Waals surface area contributed by atoms with Gasteiger partial charge in [-0.2, -0.15) is 0 Å². The SMILES string of the molecule is CCOC1(OC(C)=O)CC2=C(C=C1N)OCO2. The molecule has 2 rings (SSSR count). The summed E-state index contributed by atoms with van der Waals surface area (Å²) >= 11 is 0. The van der Waals surface area contributed by atoms with Crippen LogP contribution < -0.4 is 5.73 Å². The van der Waals surface area contributed by atoms with Crippen LogP contribution in [-0.2, 0) is 23.7 Å². The monoisotopic (exact) mass is 241 g/mol. The molecule has 2 aliphatic rings. The van der Waals surface area contributed by atoms with Crippen molar-refractivity contribution in [2.75, 3.05) is 13.4 Å². The lowest BCUT2D eigenvalue weighted by atomic mass is 10.0. The van der Waals surface area contributed by atoms with E-state index in [9.17, 15) is 4.79 Å². The quantitative estimate of drug-likeness (QED) is 0.580. The lowest BCUT2D eigenvalue weighted by molar-refractivity contribution is -0.213. The van der Waals surface area contributed by atoms with Gasteiger partial charge in [0.15, 0.2) is 5.76 Å². The first-order valence-corrected chi connectivity index (χ1v) is 5.37. The second kappa shape index (κ2) is 4.29. The van der Waals surface area contributed by atoms with Gasteiger partial charge in [0.1, 0.15) is 5.76 Å². The largest absolute Gasteiger partial charge is 0.458 e. The minimum absolute atomic E-state index is 0.150. The van der Waals surface area contributed by atoms with Crippen LogP contribution >= 0.6 is 0 Å². The molecule has 2 N–H and O–H groups in total. The fraction of sp³-hybridized carbons (Fsp3) is 0.545. The molecule has 0 radical (unpaired) electrons. The van der Waals surface area contributed by atoms with Crippen LogP contribution in [0.2, 0.25) is 0 Å². The highest BCUT2D eigenvalue weighted by atomic mass is 16.7. The number of nitrogens with two attached hydrogens (primary N) is 1. The molecule has 0 aromatic heterocycles. The minimum Gasteiger partial charge on any atom is -0.458 e. The summed E-state index contributed by atoms with van der Waals surface area (Å²) in [7, 11) is 0. The van der Waals surface area contributed by atoms with Crippen molar-refractivity contribution in [3.63, 3.8) is 0 Å². The number of allylic oxidation sites excluding steroid dienone is 1. The predicted molar refractivity (Wildman–Crippen MR) is 57.1 cm³/mol. The number of ether oxygens (including phenoxy) is 4. The van der Waals surface area contributed by atoms with Crippen molar-refractivity contribution in [2.24, 2.45) is 5.73 Å². The van der Waals surface area contributed by atoms with E-state index in [1.54, 1.807) is 13.0 Å². The molecule has 1 unspecified atom stereocenters. The summed E-state index contributed by atoms with van der Waals surface area (Å²) in [4.78, 5) is 11.2. The fourth-order valence-corrected chi connectivity index (χ4v) is 1.86. The Morgan fingerprint density at radius 2 is 2.35 bits per heavy atom. The molecule has 1 aliphatic carbocycles. The molecule has 1 heterocycles. The average molecular weight is 241 g/mol. The van der Waals surface area contributed by atoms with Gasteiger partial charge in [-0.05, 0) is 6.92 Å². The summed E-state index contributed by atoms with van der Waals surface area (Å²) in [6, 6.07) is 0. The lowest BCUT2D eigenvalue weighted by Gasteiger charge is -2.34. The van der Waals surface area contributed by atoms with Crippen LogP contribution in [0.5, 0.6) is 0 Å². The predicted octanol–water partition coefficient (Wildman–Crippen LogP) is 0.745. The molecular weight excluding hydrogens is 226 g/mol. The van der Waals surface area contributed by atoms with E-state index >= 15 is 0 Å². The fourth-order valence-electron chi connectivity index (χ4n) is 1.86. The van der Waals surface area contributed by atoms with Crippen molar-refractivity contribution in [1.29, 1.82) is 0 Å². The molecule has 6 heteroatoms. The van der Waals surface area contributed by atoms with E-state index < -0.39 is 11.8 Å². The van der Waals surface area contributed by atoms with E-state index in [-0.39, 0.29) is 13.2 Å². The molecule has 0 spiro atoms. The van der Waals surface area contributed by atoms with E-state index in [0.717, 1.165) is 0 Å². The van der Waals surface area contributed by atoms with E-state index in [0.29, 0.717) is 23.8 Å². The first-order valence-electron chi connectivity index (χ1n) is 5.37. The molecule has 1 atom stereocenters. The summed E-state index contributed by atoms with van der Waals surface area (Å²) in [6.45, 7) is 3.63. The summed E-state index contributed by atoms with van der Waals surface area (Å²) in [5.74, 6) is -0.565. The highest BCUT2D eigenvalue weighted by molar-refractivity contribution is 5.67. The molecule has 94 valence electrons. The van der Waals surface area contributed by atoms with Crippen LogP contribution in [0.1, 0.15) is 20.3 Å². The summed E-state index contributed by atoms with van der Waals surface area (Å²) in [6.07, 6.45) is 1.81. The van der Waals surface area contributed by atoms with Gasteiger partial charge in [-0.1, -0.05) is 0 Å². The van der Waals surface area contributed by atoms with Crippen LogP contribution in [-0.4, -0.2) is 25.2 Å². The molecular formula is C11H15NO5. The van der Waals surface area contributed by atoms with Gasteiger partial charge in [0.25, 0.3) is 5.79 Å². The molecule has 0 aromatic rings. The lowest BCUT2D eigenvalue weighted by Crippen LogP contribution is -2.44. The first-order chi connectivity index (χ1) is 8.07. The number of hydrogen-bond donors (Lipinski definition) is 1. The van der Waals surface area contributed by atoms with Crippen LogP contribution in [0.15, 0.2) is 23.3 Å². The Balaban J connectivity index is 2.29. The second-order valence-corrected chi connectivity index (χ2v) is 3.75. The Labute approximate surface area is 99.0 Å². The molecule has 0 bridgehead atoms. The number of hydrogen-bond acceptors (Lipinski definition) is 6. The van der Waals surface area contributed by atoms with Crippen LogP contribution in [0, 0.1) is 0 Å². The minimum atomic E-state index is -1.27. The number of esters is 1. The highest BCUT2D eigenvalue weighted by Gasteiger charge is 2.44. The van der Waals surface area contributed by atoms with Crippen LogP contribution in [0.4, 0.5) is 0 Å². The van der Waals surface area contributed by atoms with Gasteiger partial charge >= 0.3 is 5.97 Å². The van der Waals surface area contributed by atoms with Gasteiger partial charge in [0.05, 0.1) is 12.1 Å². The first kappa shape index (κ1) is 11.8. The van der Waals surface area contributed by atoms with Gasteiger partial charge in [-0.25, -0.2) is 0 Å². The maximum atomic E-state index is 11.2. The Morgan fingerprint density at radius 1 is 1.59 bits per heavy atom. The smallest absolute Gasteiger partial charge is 0.305 e. The third-order valence-corrected chi connectivity index (χ3v) is 2.53. The molecule has 17 heavy (non-hydrogen) atoms. The van der Waals surface area contributed by atoms with Crippen LogP contribution in [0.3, 0.4) is 0 Å². The van der Waals surface area contributed by atoms with Gasteiger partial charge in [-0.3, -0.25) is 4.79 Å². The third kappa shape index (κ3) is 2.08. The zero-order valence-corrected chi connectivity index (χ0v) is 9.82. The van der Waals surface area contributed by atoms with Gasteiger partial charge in [0.2, 0.25) is 6.79 Å². The topological polar surface area (TPSA) is 80.0 Å². The number of carbonyl (C=O) groups excluding carboxylic acids is 1. The Morgan fingerprint density at radius 3 is 3.00 bits per heavy atom. The molecule has 0 fully saturated rings. The zero-order chi connectivity index (χ0) is 12.5. The van der Waals surface area contributed by atoms with Crippen molar-refractivity contribution in [2.45, 2.75) is 26.1 Å². The Bertz CT molecular complexity index is 401. The Kier molecular flexibility index (Phi) is 2.97. The number of rotatable bonds is 3. The molecule has 0 amide bonds. The third-order valence-electron chi connectivity index (χ3n) is 2.53. The normalized spacial score (nSPS) is 26.8. The summed E-state index contributed by atoms with van der Waals surface area (Å²) in [5.41, 5.74) is 6.20. The standard InChI is InChI=1S/C11H15NO5/c1-3-16-11(17-7(2)13)5-9-8(4-10(11)12)14-6-15-9/h4H,3,5-6,12H2,1-2H3. The second-order valence-electron chi connectivity index (χ2n) is 3.75. The summed E-state index contributed by atoms with van der Waals surface area (Å²) < 4.78 is 21.2. The summed E-state index contributed by atoms with van der Waals surface area (Å²) in [5, 5.41) is 0. The van der Waals surface area contributed by atoms with Gasteiger partial charge in [-0.15, -0.1) is 0 Å². The molecule has 0 saturated carbocycles. The van der Waals surface area contributed by atoms with Crippen molar-refractivity contribution in [1.82, 2.24) is 0 Å². The van der Waals surface area contributed by atoms with Crippen molar-refractivity contribution < 1.29 is 23.7 Å². The zero-order valence-electron chi connectivity index (χ0n) is 9.82. The average Bonchev–Trinajstić information content (AvgIpc) is 2.64. The van der Waals surface area contributed by atoms with Gasteiger partial charge < -0.3 is 24.7 Å². The van der Waals surface area contributed by atoms with E-state index in [1.165, 1.54) is 6.92 Å². The maximum Gasteiger partial charge on any atom is 0.305 e. The molecule has 6 nitrogen and oxygen atoms in total. The maximum absolute atomic E-state index is 11.2. The molecule has 0 aromatic carbocycles. The molecule has 1 aliphatic heterocycles. The molecule has 0 saturated heterocycles. The van der Waals surface area contributed by atoms with E-state index in [2.05, 4.69) is 0 Å². The van der Waals surface area contributed by atoms with E-state index in [1.807, 2.05) is 0 Å². The number of carbonyl (C=O) groups is 1. The van der Waals surface area contributed by atoms with Crippen LogP contribution in [0.25, 0.3) is 0 Å².